The largest absolute Gasteiger partial charge is 0.0885 e. The average molecular weight is 281 g/mol. The molecular formula is C20H40. The molecule has 0 aromatic heterocycles. The van der Waals surface area contributed by atoms with Crippen LogP contribution in [0.2, 0.25) is 0 Å². The first-order chi connectivity index (χ1) is 9.77. The lowest BCUT2D eigenvalue weighted by Gasteiger charge is -2.03. The highest BCUT2D eigenvalue weighted by atomic mass is 14.0. The van der Waals surface area contributed by atoms with Crippen molar-refractivity contribution in [1.29, 1.82) is 0 Å². The minimum absolute atomic E-state index is 0.889. The Balaban J connectivity index is 3.05. The zero-order chi connectivity index (χ0) is 14.9. The Labute approximate surface area is 129 Å². The highest BCUT2D eigenvalue weighted by molar-refractivity contribution is 4.81. The monoisotopic (exact) mass is 280 g/mol. The Morgan fingerprint density at radius 1 is 0.600 bits per heavy atom. The van der Waals surface area contributed by atoms with Crippen molar-refractivity contribution in [2.45, 2.75) is 111 Å². The second-order valence-electron chi connectivity index (χ2n) is 6.77. The van der Waals surface area contributed by atoms with Crippen LogP contribution in [-0.2, 0) is 0 Å². The van der Waals surface area contributed by atoms with Crippen LogP contribution < -0.4 is 0 Å². The average Bonchev–Trinajstić information content (AvgIpc) is 2.43. The summed E-state index contributed by atoms with van der Waals surface area (Å²) in [6.07, 6.45) is 24.5. The molecule has 0 saturated heterocycles. The van der Waals surface area contributed by atoms with E-state index in [0.717, 1.165) is 5.92 Å². The fraction of sp³-hybridized carbons (Fsp3) is 0.900. The van der Waals surface area contributed by atoms with E-state index in [2.05, 4.69) is 32.9 Å². The van der Waals surface area contributed by atoms with Crippen LogP contribution in [0.1, 0.15) is 111 Å². The fourth-order valence-electron chi connectivity index (χ4n) is 2.62. The minimum Gasteiger partial charge on any atom is -0.0885 e. The molecule has 0 fully saturated rings. The molecule has 0 bridgehead atoms. The summed E-state index contributed by atoms with van der Waals surface area (Å²) in [4.78, 5) is 0. The number of hydrogen-bond donors (Lipinski definition) is 0. The van der Waals surface area contributed by atoms with Crippen LogP contribution in [0.5, 0.6) is 0 Å². The van der Waals surface area contributed by atoms with Gasteiger partial charge in [-0.15, -0.1) is 0 Å². The Morgan fingerprint density at radius 3 is 1.55 bits per heavy atom. The van der Waals surface area contributed by atoms with E-state index < -0.39 is 0 Å². The summed E-state index contributed by atoms with van der Waals surface area (Å²) >= 11 is 0. The SMILES string of the molecule is CCCCCCCC/C=C\CCCCCCCC(C)C. The van der Waals surface area contributed by atoms with Crippen LogP contribution in [0.4, 0.5) is 0 Å². The molecular weight excluding hydrogens is 240 g/mol. The van der Waals surface area contributed by atoms with E-state index in [9.17, 15) is 0 Å². The van der Waals surface area contributed by atoms with Crippen LogP contribution in [0, 0.1) is 5.92 Å². The van der Waals surface area contributed by atoms with Crippen molar-refractivity contribution in [2.75, 3.05) is 0 Å². The molecule has 0 rings (SSSR count). The van der Waals surface area contributed by atoms with E-state index in [0.29, 0.717) is 0 Å². The third-order valence-corrected chi connectivity index (χ3v) is 4.04. The summed E-state index contributed by atoms with van der Waals surface area (Å²) in [6.45, 7) is 6.94. The van der Waals surface area contributed by atoms with Gasteiger partial charge < -0.3 is 0 Å². The Bertz CT molecular complexity index is 190. The summed E-state index contributed by atoms with van der Waals surface area (Å²) in [6, 6.07) is 0. The normalized spacial score (nSPS) is 11.8. The van der Waals surface area contributed by atoms with Gasteiger partial charge in [0.1, 0.15) is 0 Å². The molecule has 0 aliphatic carbocycles. The van der Waals surface area contributed by atoms with Crippen molar-refractivity contribution in [3.8, 4) is 0 Å². The maximum Gasteiger partial charge on any atom is -0.0351 e. The van der Waals surface area contributed by atoms with Gasteiger partial charge in [-0.3, -0.25) is 0 Å². The van der Waals surface area contributed by atoms with E-state index in [1.165, 1.54) is 89.9 Å². The maximum absolute atomic E-state index is 2.42. The summed E-state index contributed by atoms with van der Waals surface area (Å²) in [7, 11) is 0. The third kappa shape index (κ3) is 17.7. The highest BCUT2D eigenvalue weighted by Crippen LogP contribution is 2.12. The Kier molecular flexibility index (Phi) is 16.6. The maximum atomic E-state index is 2.42. The van der Waals surface area contributed by atoms with Gasteiger partial charge in [-0.1, -0.05) is 97.1 Å². The van der Waals surface area contributed by atoms with E-state index in [1.807, 2.05) is 0 Å². The second kappa shape index (κ2) is 16.8. The van der Waals surface area contributed by atoms with E-state index in [4.69, 9.17) is 0 Å². The molecule has 0 aliphatic heterocycles. The molecule has 0 atom stereocenters. The van der Waals surface area contributed by atoms with Crippen LogP contribution in [0.3, 0.4) is 0 Å². The molecule has 0 nitrogen and oxygen atoms in total. The highest BCUT2D eigenvalue weighted by Gasteiger charge is 1.94. The molecule has 0 heteroatoms. The van der Waals surface area contributed by atoms with Gasteiger partial charge in [-0.25, -0.2) is 0 Å². The molecule has 0 unspecified atom stereocenters. The van der Waals surface area contributed by atoms with Gasteiger partial charge in [0.2, 0.25) is 0 Å². The summed E-state index contributed by atoms with van der Waals surface area (Å²) < 4.78 is 0. The number of hydrogen-bond acceptors (Lipinski definition) is 0. The topological polar surface area (TPSA) is 0 Å². The van der Waals surface area contributed by atoms with Crippen molar-refractivity contribution in [3.05, 3.63) is 12.2 Å². The number of unbranched alkanes of at least 4 members (excludes halogenated alkanes) is 11. The molecule has 0 spiro atoms. The molecule has 120 valence electrons. The summed E-state index contributed by atoms with van der Waals surface area (Å²) in [5.74, 6) is 0.889. The first-order valence-corrected chi connectivity index (χ1v) is 9.42. The van der Waals surface area contributed by atoms with Crippen molar-refractivity contribution in [2.24, 2.45) is 5.92 Å². The first kappa shape index (κ1) is 19.7. The third-order valence-electron chi connectivity index (χ3n) is 4.04. The fourth-order valence-corrected chi connectivity index (χ4v) is 2.62. The molecule has 0 aromatic carbocycles. The second-order valence-corrected chi connectivity index (χ2v) is 6.77. The van der Waals surface area contributed by atoms with Gasteiger partial charge in [0.15, 0.2) is 0 Å². The lowest BCUT2D eigenvalue weighted by atomic mass is 10.0. The molecule has 0 aromatic rings. The van der Waals surface area contributed by atoms with Crippen molar-refractivity contribution in [1.82, 2.24) is 0 Å². The van der Waals surface area contributed by atoms with Gasteiger partial charge in [-0.2, -0.15) is 0 Å². The molecule has 0 heterocycles. The van der Waals surface area contributed by atoms with E-state index >= 15 is 0 Å². The van der Waals surface area contributed by atoms with Crippen LogP contribution in [0.15, 0.2) is 12.2 Å². The standard InChI is InChI=1S/C20H40/c1-4-5-6-7-8-9-10-11-12-13-14-15-16-17-18-19-20(2)3/h11-12,20H,4-10,13-19H2,1-3H3/b12-11-. The molecule has 0 saturated carbocycles. The van der Waals surface area contributed by atoms with Gasteiger partial charge in [-0.05, 0) is 31.6 Å². The lowest BCUT2D eigenvalue weighted by molar-refractivity contribution is 0.516. The van der Waals surface area contributed by atoms with E-state index in [1.54, 1.807) is 0 Å². The van der Waals surface area contributed by atoms with Crippen molar-refractivity contribution < 1.29 is 0 Å². The number of allylic oxidation sites excluding steroid dienone is 2. The zero-order valence-electron chi connectivity index (χ0n) is 14.6. The quantitative estimate of drug-likeness (QED) is 0.213. The summed E-state index contributed by atoms with van der Waals surface area (Å²) in [5, 5.41) is 0. The Hall–Kier alpha value is -0.260. The predicted octanol–water partition coefficient (Wildman–Crippen LogP) is 7.68. The summed E-state index contributed by atoms with van der Waals surface area (Å²) in [5.41, 5.74) is 0. The Morgan fingerprint density at radius 2 is 1.05 bits per heavy atom. The van der Waals surface area contributed by atoms with Gasteiger partial charge in [0, 0.05) is 0 Å². The lowest BCUT2D eigenvalue weighted by Crippen LogP contribution is -1.87. The van der Waals surface area contributed by atoms with Gasteiger partial charge in [0.25, 0.3) is 0 Å². The van der Waals surface area contributed by atoms with Gasteiger partial charge in [0.05, 0.1) is 0 Å². The predicted molar refractivity (Wildman–Crippen MR) is 94.3 cm³/mol. The molecule has 0 aliphatic rings. The van der Waals surface area contributed by atoms with E-state index in [-0.39, 0.29) is 0 Å². The van der Waals surface area contributed by atoms with Crippen molar-refractivity contribution >= 4 is 0 Å². The zero-order valence-corrected chi connectivity index (χ0v) is 14.6. The molecule has 20 heavy (non-hydrogen) atoms. The van der Waals surface area contributed by atoms with Crippen LogP contribution in [0.25, 0.3) is 0 Å². The smallest absolute Gasteiger partial charge is 0.0351 e. The first-order valence-electron chi connectivity index (χ1n) is 9.42. The van der Waals surface area contributed by atoms with Crippen LogP contribution in [-0.4, -0.2) is 0 Å². The minimum atomic E-state index is 0.889. The molecule has 0 amide bonds. The van der Waals surface area contributed by atoms with Crippen LogP contribution >= 0.6 is 0 Å². The number of rotatable bonds is 15. The molecule has 0 N–H and O–H groups in total. The van der Waals surface area contributed by atoms with Gasteiger partial charge >= 0.3 is 0 Å². The molecule has 0 radical (unpaired) electrons. The van der Waals surface area contributed by atoms with Crippen molar-refractivity contribution in [3.63, 3.8) is 0 Å².